The van der Waals surface area contributed by atoms with E-state index in [0.29, 0.717) is 23.0 Å². The van der Waals surface area contributed by atoms with Crippen molar-refractivity contribution < 1.29 is 4.39 Å². The summed E-state index contributed by atoms with van der Waals surface area (Å²) in [5.41, 5.74) is 2.90. The van der Waals surface area contributed by atoms with Crippen LogP contribution in [0.2, 0.25) is 5.02 Å². The summed E-state index contributed by atoms with van der Waals surface area (Å²) in [6.45, 7) is 2.13. The number of hydrogen-bond donors (Lipinski definition) is 1. The zero-order valence-electron chi connectivity index (χ0n) is 13.8. The van der Waals surface area contributed by atoms with Gasteiger partial charge in [-0.15, -0.1) is 0 Å². The standard InChI is InChI=1S/C19H18ClFN4/c1-2-12-6-8-13(9-7-12)16-10-17(25-19(24-16)22-11-23-25)18-14(20)4-3-5-15(18)21/h3-9,11,16-17H,2,10H2,1H3,(H,22,23,24)/t16-,17+/m0/s1. The molecule has 1 aliphatic rings. The molecule has 3 aromatic rings. The number of nitrogens with zero attached hydrogens (tertiary/aromatic N) is 3. The summed E-state index contributed by atoms with van der Waals surface area (Å²) in [4.78, 5) is 4.28. The zero-order valence-corrected chi connectivity index (χ0v) is 14.5. The second-order valence-corrected chi connectivity index (χ2v) is 6.61. The summed E-state index contributed by atoms with van der Waals surface area (Å²) < 4.78 is 16.2. The first-order valence-corrected chi connectivity index (χ1v) is 8.74. The topological polar surface area (TPSA) is 42.7 Å². The molecule has 1 N–H and O–H groups in total. The molecule has 0 spiro atoms. The van der Waals surface area contributed by atoms with Gasteiger partial charge in [0.2, 0.25) is 5.95 Å². The van der Waals surface area contributed by atoms with Gasteiger partial charge in [-0.05, 0) is 36.1 Å². The van der Waals surface area contributed by atoms with Crippen LogP contribution in [0.25, 0.3) is 0 Å². The molecule has 6 heteroatoms. The summed E-state index contributed by atoms with van der Waals surface area (Å²) in [5.74, 6) is 0.307. The molecule has 0 amide bonds. The number of aryl methyl sites for hydroxylation is 1. The first kappa shape index (κ1) is 16.1. The van der Waals surface area contributed by atoms with Crippen molar-refractivity contribution >= 4 is 17.5 Å². The average Bonchev–Trinajstić information content (AvgIpc) is 3.10. The summed E-state index contributed by atoms with van der Waals surface area (Å²) in [6, 6.07) is 13.0. The van der Waals surface area contributed by atoms with Gasteiger partial charge in [0, 0.05) is 10.6 Å². The van der Waals surface area contributed by atoms with E-state index >= 15 is 0 Å². The van der Waals surface area contributed by atoms with Crippen LogP contribution in [0.3, 0.4) is 0 Å². The van der Waals surface area contributed by atoms with Gasteiger partial charge in [0.1, 0.15) is 12.1 Å². The van der Waals surface area contributed by atoms with Crippen LogP contribution in [-0.4, -0.2) is 14.8 Å². The Balaban J connectivity index is 1.75. The predicted molar refractivity (Wildman–Crippen MR) is 96.4 cm³/mol. The molecular formula is C19H18ClFN4. The molecule has 0 bridgehead atoms. The number of hydrogen-bond acceptors (Lipinski definition) is 3. The van der Waals surface area contributed by atoms with Gasteiger partial charge in [0.05, 0.1) is 12.1 Å². The van der Waals surface area contributed by atoms with Crippen molar-refractivity contribution in [2.45, 2.75) is 31.8 Å². The molecular weight excluding hydrogens is 339 g/mol. The number of anilines is 1. The molecule has 1 aromatic heterocycles. The SMILES string of the molecule is CCc1ccc([C@@H]2C[C@H](c3c(F)cccc3Cl)n3ncnc3N2)cc1. The third-order valence-electron chi connectivity index (χ3n) is 4.75. The van der Waals surface area contributed by atoms with Crippen LogP contribution in [-0.2, 0) is 6.42 Å². The Morgan fingerprint density at radius 1 is 1.24 bits per heavy atom. The summed E-state index contributed by atoms with van der Waals surface area (Å²) >= 11 is 6.31. The Hall–Kier alpha value is -2.40. The van der Waals surface area contributed by atoms with E-state index in [0.717, 1.165) is 12.0 Å². The van der Waals surface area contributed by atoms with Crippen molar-refractivity contribution in [2.75, 3.05) is 5.32 Å². The molecule has 1 aliphatic heterocycles. The van der Waals surface area contributed by atoms with Crippen LogP contribution in [0.15, 0.2) is 48.8 Å². The van der Waals surface area contributed by atoms with Gasteiger partial charge in [-0.25, -0.2) is 9.07 Å². The Morgan fingerprint density at radius 2 is 2.04 bits per heavy atom. The molecule has 4 nitrogen and oxygen atoms in total. The van der Waals surface area contributed by atoms with Gasteiger partial charge in [0.15, 0.2) is 0 Å². The van der Waals surface area contributed by atoms with Crippen LogP contribution < -0.4 is 5.32 Å². The molecule has 4 rings (SSSR count). The maximum absolute atomic E-state index is 14.5. The zero-order chi connectivity index (χ0) is 17.4. The van der Waals surface area contributed by atoms with Crippen LogP contribution in [0.5, 0.6) is 0 Å². The second kappa shape index (κ2) is 6.48. The van der Waals surface area contributed by atoms with E-state index in [1.807, 2.05) is 0 Å². The lowest BCUT2D eigenvalue weighted by Crippen LogP contribution is -2.28. The summed E-state index contributed by atoms with van der Waals surface area (Å²) in [6.07, 6.45) is 3.12. The molecule has 0 saturated carbocycles. The first-order valence-electron chi connectivity index (χ1n) is 8.36. The number of fused-ring (bicyclic) bond motifs is 1. The van der Waals surface area contributed by atoms with Crippen molar-refractivity contribution in [3.63, 3.8) is 0 Å². The molecule has 0 fully saturated rings. The summed E-state index contributed by atoms with van der Waals surface area (Å²) in [7, 11) is 0. The lowest BCUT2D eigenvalue weighted by molar-refractivity contribution is 0.416. The number of benzene rings is 2. The molecule has 0 saturated heterocycles. The Morgan fingerprint density at radius 3 is 2.76 bits per heavy atom. The van der Waals surface area contributed by atoms with Crippen LogP contribution in [0, 0.1) is 5.82 Å². The van der Waals surface area contributed by atoms with Gasteiger partial charge in [-0.2, -0.15) is 10.1 Å². The van der Waals surface area contributed by atoms with E-state index in [1.54, 1.807) is 16.8 Å². The minimum atomic E-state index is -0.319. The lowest BCUT2D eigenvalue weighted by Gasteiger charge is -2.32. The maximum Gasteiger partial charge on any atom is 0.222 e. The van der Waals surface area contributed by atoms with E-state index in [1.165, 1.54) is 18.0 Å². The van der Waals surface area contributed by atoms with E-state index in [2.05, 4.69) is 46.6 Å². The first-order chi connectivity index (χ1) is 12.2. The third-order valence-corrected chi connectivity index (χ3v) is 5.08. The quantitative estimate of drug-likeness (QED) is 0.734. The predicted octanol–water partition coefficient (Wildman–Crippen LogP) is 4.78. The van der Waals surface area contributed by atoms with Crippen molar-refractivity contribution in [2.24, 2.45) is 0 Å². The van der Waals surface area contributed by atoms with Crippen molar-refractivity contribution in [3.05, 3.63) is 76.3 Å². The Labute approximate surface area is 150 Å². The number of halogens is 2. The van der Waals surface area contributed by atoms with Crippen molar-refractivity contribution in [1.29, 1.82) is 0 Å². The molecule has 0 unspecified atom stereocenters. The molecule has 2 atom stereocenters. The smallest absolute Gasteiger partial charge is 0.222 e. The Bertz CT molecular complexity index is 870. The molecule has 0 radical (unpaired) electrons. The fourth-order valence-electron chi connectivity index (χ4n) is 3.39. The van der Waals surface area contributed by atoms with Crippen molar-refractivity contribution in [1.82, 2.24) is 14.8 Å². The van der Waals surface area contributed by atoms with Crippen LogP contribution in [0.4, 0.5) is 10.3 Å². The minimum Gasteiger partial charge on any atom is -0.348 e. The molecule has 128 valence electrons. The molecule has 2 aromatic carbocycles. The monoisotopic (exact) mass is 356 g/mol. The number of rotatable bonds is 3. The number of nitrogens with one attached hydrogen (secondary N) is 1. The highest BCUT2D eigenvalue weighted by atomic mass is 35.5. The van der Waals surface area contributed by atoms with E-state index in [-0.39, 0.29) is 17.9 Å². The average molecular weight is 357 g/mol. The van der Waals surface area contributed by atoms with Gasteiger partial charge < -0.3 is 5.32 Å². The van der Waals surface area contributed by atoms with E-state index in [4.69, 9.17) is 11.6 Å². The maximum atomic E-state index is 14.5. The van der Waals surface area contributed by atoms with E-state index < -0.39 is 0 Å². The van der Waals surface area contributed by atoms with Crippen molar-refractivity contribution in [3.8, 4) is 0 Å². The molecule has 25 heavy (non-hydrogen) atoms. The highest BCUT2D eigenvalue weighted by Gasteiger charge is 2.32. The van der Waals surface area contributed by atoms with Gasteiger partial charge in [-0.1, -0.05) is 48.9 Å². The van der Waals surface area contributed by atoms with Gasteiger partial charge in [-0.3, -0.25) is 0 Å². The van der Waals surface area contributed by atoms with Crippen LogP contribution >= 0.6 is 11.6 Å². The highest BCUT2D eigenvalue weighted by molar-refractivity contribution is 6.31. The largest absolute Gasteiger partial charge is 0.348 e. The highest BCUT2D eigenvalue weighted by Crippen LogP contribution is 2.40. The normalized spacial score (nSPS) is 19.3. The summed E-state index contributed by atoms with van der Waals surface area (Å²) in [5, 5.41) is 8.07. The molecule has 2 heterocycles. The Kier molecular flexibility index (Phi) is 4.17. The third kappa shape index (κ3) is 2.89. The van der Waals surface area contributed by atoms with E-state index in [9.17, 15) is 4.39 Å². The lowest BCUT2D eigenvalue weighted by atomic mass is 9.92. The van der Waals surface area contributed by atoms with Gasteiger partial charge >= 0.3 is 0 Å². The second-order valence-electron chi connectivity index (χ2n) is 6.21. The number of aromatic nitrogens is 3. The fourth-order valence-corrected chi connectivity index (χ4v) is 3.68. The molecule has 0 aliphatic carbocycles. The van der Waals surface area contributed by atoms with Gasteiger partial charge in [0.25, 0.3) is 0 Å². The fraction of sp³-hybridized carbons (Fsp3) is 0.263. The van der Waals surface area contributed by atoms with Crippen LogP contribution in [0.1, 0.15) is 42.1 Å². The minimum absolute atomic E-state index is 0.0169.